The highest BCUT2D eigenvalue weighted by Crippen LogP contribution is 2.34. The molecule has 0 aliphatic carbocycles. The summed E-state index contributed by atoms with van der Waals surface area (Å²) in [6, 6.07) is 14.1. The van der Waals surface area contributed by atoms with Crippen LogP contribution in [-0.4, -0.2) is 34.4 Å². The lowest BCUT2D eigenvalue weighted by atomic mass is 10.2. The van der Waals surface area contributed by atoms with Gasteiger partial charge in [-0.15, -0.1) is 5.10 Å². The number of thioether (sulfide) groups is 1. The smallest absolute Gasteiger partial charge is 0.267 e. The van der Waals surface area contributed by atoms with Crippen LogP contribution in [0.25, 0.3) is 6.08 Å². The van der Waals surface area contributed by atoms with Crippen molar-refractivity contribution in [1.29, 1.82) is 0 Å². The summed E-state index contributed by atoms with van der Waals surface area (Å²) < 4.78 is 23.7. The Hall–Kier alpha value is -3.85. The van der Waals surface area contributed by atoms with E-state index in [1.54, 1.807) is 42.5 Å². The minimum atomic E-state index is -0.348. The molecule has 1 amide bonds. The Kier molecular flexibility index (Phi) is 6.37. The van der Waals surface area contributed by atoms with Crippen LogP contribution in [0, 0.1) is 5.82 Å². The van der Waals surface area contributed by atoms with Crippen LogP contribution in [0.15, 0.2) is 80.4 Å². The molecule has 9 heteroatoms. The average molecular weight is 451 g/mol. The van der Waals surface area contributed by atoms with Crippen molar-refractivity contribution in [3.05, 3.63) is 88.5 Å². The van der Waals surface area contributed by atoms with Crippen LogP contribution in [0.3, 0.4) is 0 Å². The summed E-state index contributed by atoms with van der Waals surface area (Å²) in [5.41, 5.74) is 1.36. The fraction of sp³-hybridized carbons (Fsp3) is 0.0870. The van der Waals surface area contributed by atoms with Crippen LogP contribution in [0.5, 0.6) is 11.5 Å². The maximum Gasteiger partial charge on any atom is 0.267 e. The maximum atomic E-state index is 13.2. The standard InChI is InChI=1S/C23H18FN3O4S/c1-30-20-11-16(6-9-19(20)28)13-25-26-23-27(14-18-3-2-10-31-18)22(29)21(32-23)12-15-4-7-17(24)8-5-15/h2-13,28H,14H2,1H3/b21-12-,25-13+,26-23-. The zero-order chi connectivity index (χ0) is 22.5. The molecular formula is C23H18FN3O4S. The number of halogens is 1. The van der Waals surface area contributed by atoms with Gasteiger partial charge in [-0.3, -0.25) is 9.69 Å². The van der Waals surface area contributed by atoms with Gasteiger partial charge in [0.25, 0.3) is 5.91 Å². The van der Waals surface area contributed by atoms with Gasteiger partial charge in [0.05, 0.1) is 31.0 Å². The van der Waals surface area contributed by atoms with E-state index in [1.165, 1.54) is 54.4 Å². The molecule has 1 aromatic heterocycles. The second-order valence-corrected chi connectivity index (χ2v) is 7.70. The number of carbonyl (C=O) groups excluding carboxylic acids is 1. The molecule has 3 aromatic rings. The van der Waals surface area contributed by atoms with Crippen LogP contribution < -0.4 is 4.74 Å². The number of hydrogen-bond acceptors (Lipinski definition) is 7. The molecule has 2 aromatic carbocycles. The highest BCUT2D eigenvalue weighted by molar-refractivity contribution is 8.18. The summed E-state index contributed by atoms with van der Waals surface area (Å²) >= 11 is 1.17. The molecule has 7 nitrogen and oxygen atoms in total. The van der Waals surface area contributed by atoms with Crippen molar-refractivity contribution in [2.75, 3.05) is 7.11 Å². The second-order valence-electron chi connectivity index (χ2n) is 6.69. The highest BCUT2D eigenvalue weighted by atomic mass is 32.2. The first-order valence-electron chi connectivity index (χ1n) is 9.51. The molecule has 0 bridgehead atoms. The van der Waals surface area contributed by atoms with Gasteiger partial charge in [-0.1, -0.05) is 12.1 Å². The van der Waals surface area contributed by atoms with Crippen molar-refractivity contribution in [2.24, 2.45) is 10.2 Å². The normalized spacial score (nSPS) is 16.6. The Bertz CT molecular complexity index is 1200. The number of hydrogen-bond donors (Lipinski definition) is 1. The van der Waals surface area contributed by atoms with E-state index in [1.807, 2.05) is 0 Å². The van der Waals surface area contributed by atoms with Crippen molar-refractivity contribution < 1.29 is 23.4 Å². The number of furan rings is 1. The number of phenolic OH excluding ortho intramolecular Hbond substituents is 1. The Balaban J connectivity index is 1.61. The zero-order valence-corrected chi connectivity index (χ0v) is 17.8. The van der Waals surface area contributed by atoms with Gasteiger partial charge in [0, 0.05) is 0 Å². The Morgan fingerprint density at radius 3 is 2.69 bits per heavy atom. The third-order valence-electron chi connectivity index (χ3n) is 4.50. The predicted octanol–water partition coefficient (Wildman–Crippen LogP) is 4.64. The molecule has 162 valence electrons. The summed E-state index contributed by atoms with van der Waals surface area (Å²) in [7, 11) is 1.46. The van der Waals surface area contributed by atoms with Gasteiger partial charge in [0.2, 0.25) is 0 Å². The molecule has 1 N–H and O–H groups in total. The number of amides is 1. The number of methoxy groups -OCH3 is 1. The fourth-order valence-electron chi connectivity index (χ4n) is 2.91. The van der Waals surface area contributed by atoms with Gasteiger partial charge < -0.3 is 14.3 Å². The summed E-state index contributed by atoms with van der Waals surface area (Å²) in [4.78, 5) is 14.9. The van der Waals surface area contributed by atoms with E-state index in [-0.39, 0.29) is 24.0 Å². The molecule has 0 spiro atoms. The minimum Gasteiger partial charge on any atom is -0.504 e. The van der Waals surface area contributed by atoms with Gasteiger partial charge in [0.15, 0.2) is 16.7 Å². The summed E-state index contributed by atoms with van der Waals surface area (Å²) in [5.74, 6) is 0.335. The molecule has 1 fully saturated rings. The summed E-state index contributed by atoms with van der Waals surface area (Å²) in [6.07, 6.45) is 4.71. The number of phenols is 1. The lowest BCUT2D eigenvalue weighted by molar-refractivity contribution is -0.122. The first-order valence-corrected chi connectivity index (χ1v) is 10.3. The third kappa shape index (κ3) is 4.89. The SMILES string of the molecule is COc1cc(/C=N/N=C2\S/C(=C\c3ccc(F)cc3)C(=O)N2Cc2ccco2)ccc1O. The molecule has 0 saturated carbocycles. The molecule has 32 heavy (non-hydrogen) atoms. The van der Waals surface area contributed by atoms with E-state index in [9.17, 15) is 14.3 Å². The molecule has 0 unspecified atom stereocenters. The largest absolute Gasteiger partial charge is 0.504 e. The summed E-state index contributed by atoms with van der Waals surface area (Å²) in [5, 5.41) is 18.4. The number of rotatable bonds is 6. The molecule has 1 aliphatic heterocycles. The Morgan fingerprint density at radius 1 is 1.19 bits per heavy atom. The number of nitrogens with zero attached hydrogens (tertiary/aromatic N) is 3. The molecule has 0 radical (unpaired) electrons. The zero-order valence-electron chi connectivity index (χ0n) is 16.9. The minimum absolute atomic E-state index is 0.0214. The first-order chi connectivity index (χ1) is 15.5. The predicted molar refractivity (Wildman–Crippen MR) is 121 cm³/mol. The lowest BCUT2D eigenvalue weighted by Gasteiger charge is -2.12. The molecule has 0 atom stereocenters. The number of ether oxygens (including phenoxy) is 1. The molecule has 2 heterocycles. The fourth-order valence-corrected chi connectivity index (χ4v) is 3.85. The van der Waals surface area contributed by atoms with E-state index in [0.29, 0.717) is 32.7 Å². The van der Waals surface area contributed by atoms with Gasteiger partial charge in [0.1, 0.15) is 11.6 Å². The van der Waals surface area contributed by atoms with Crippen LogP contribution in [0.4, 0.5) is 4.39 Å². The Morgan fingerprint density at radius 2 is 1.97 bits per heavy atom. The van der Waals surface area contributed by atoms with Gasteiger partial charge in [-0.25, -0.2) is 4.39 Å². The van der Waals surface area contributed by atoms with Crippen LogP contribution in [0.2, 0.25) is 0 Å². The van der Waals surface area contributed by atoms with Gasteiger partial charge >= 0.3 is 0 Å². The van der Waals surface area contributed by atoms with Crippen LogP contribution >= 0.6 is 11.8 Å². The van der Waals surface area contributed by atoms with Gasteiger partial charge in [-0.05, 0) is 71.4 Å². The number of amidine groups is 1. The molecular weight excluding hydrogens is 433 g/mol. The molecule has 4 rings (SSSR count). The Labute approximate surface area is 187 Å². The monoisotopic (exact) mass is 451 g/mol. The highest BCUT2D eigenvalue weighted by Gasteiger charge is 2.34. The van der Waals surface area contributed by atoms with E-state index in [2.05, 4.69) is 10.2 Å². The van der Waals surface area contributed by atoms with E-state index in [0.717, 1.165) is 0 Å². The lowest BCUT2D eigenvalue weighted by Crippen LogP contribution is -2.28. The van der Waals surface area contributed by atoms with Crippen LogP contribution in [-0.2, 0) is 11.3 Å². The third-order valence-corrected chi connectivity index (χ3v) is 5.50. The van der Waals surface area contributed by atoms with Crippen molar-refractivity contribution in [3.63, 3.8) is 0 Å². The van der Waals surface area contributed by atoms with Gasteiger partial charge in [-0.2, -0.15) is 5.10 Å². The van der Waals surface area contributed by atoms with Crippen molar-refractivity contribution >= 4 is 35.1 Å². The van der Waals surface area contributed by atoms with Crippen molar-refractivity contribution in [1.82, 2.24) is 4.90 Å². The topological polar surface area (TPSA) is 87.6 Å². The average Bonchev–Trinajstić information content (AvgIpc) is 3.41. The van der Waals surface area contributed by atoms with Crippen molar-refractivity contribution in [2.45, 2.75) is 6.54 Å². The molecule has 1 saturated heterocycles. The molecule has 1 aliphatic rings. The second kappa shape index (κ2) is 9.52. The van der Waals surface area contributed by atoms with E-state index < -0.39 is 0 Å². The first kappa shape index (κ1) is 21.4. The van der Waals surface area contributed by atoms with E-state index >= 15 is 0 Å². The summed E-state index contributed by atoms with van der Waals surface area (Å²) in [6.45, 7) is 0.195. The van der Waals surface area contributed by atoms with Crippen LogP contribution in [0.1, 0.15) is 16.9 Å². The quantitative estimate of drug-likeness (QED) is 0.335. The number of carbonyl (C=O) groups is 1. The van der Waals surface area contributed by atoms with Crippen molar-refractivity contribution in [3.8, 4) is 11.5 Å². The number of aromatic hydroxyl groups is 1. The number of benzene rings is 2. The van der Waals surface area contributed by atoms with E-state index in [4.69, 9.17) is 9.15 Å². The maximum absolute atomic E-state index is 13.2.